The van der Waals surface area contributed by atoms with E-state index in [4.69, 9.17) is 0 Å². The van der Waals surface area contributed by atoms with E-state index in [1.54, 1.807) is 6.20 Å². The van der Waals surface area contributed by atoms with Gasteiger partial charge in [-0.3, -0.25) is 9.78 Å². The average molecular weight is 227 g/mol. The predicted molar refractivity (Wildman–Crippen MR) is 70.1 cm³/mol. The number of benzene rings is 1. The summed E-state index contributed by atoms with van der Waals surface area (Å²) in [5.41, 5.74) is 1.66. The summed E-state index contributed by atoms with van der Waals surface area (Å²) in [4.78, 5) is 16.3. The highest BCUT2D eigenvalue weighted by molar-refractivity contribution is 5.98. The molecule has 1 heterocycles. The summed E-state index contributed by atoms with van der Waals surface area (Å²) in [5.74, 6) is 0.754. The molecule has 17 heavy (non-hydrogen) atoms. The van der Waals surface area contributed by atoms with Gasteiger partial charge in [-0.25, -0.2) is 0 Å². The van der Waals surface area contributed by atoms with Crippen LogP contribution in [0, 0.1) is 5.92 Å². The minimum atomic E-state index is 0.192. The zero-order valence-electron chi connectivity index (χ0n) is 10.3. The van der Waals surface area contributed by atoms with Gasteiger partial charge >= 0.3 is 0 Å². The number of fused-ring (bicyclic) bond motifs is 1. The van der Waals surface area contributed by atoms with Crippen LogP contribution >= 0.6 is 0 Å². The number of Topliss-reactive ketones (excluding diaryl/α,β-unsaturated/α-hetero) is 1. The molecule has 0 aliphatic rings. The van der Waals surface area contributed by atoms with E-state index >= 15 is 0 Å². The lowest BCUT2D eigenvalue weighted by molar-refractivity contribution is 0.0975. The first-order valence-corrected chi connectivity index (χ1v) is 6.05. The number of nitrogens with zero attached hydrogens (tertiary/aromatic N) is 1. The molecule has 0 fully saturated rings. The van der Waals surface area contributed by atoms with Crippen LogP contribution in [0.1, 0.15) is 37.0 Å². The third-order valence-electron chi connectivity index (χ3n) is 2.86. The van der Waals surface area contributed by atoms with Gasteiger partial charge in [0, 0.05) is 23.6 Å². The first kappa shape index (κ1) is 11.8. The normalized spacial score (nSPS) is 11.0. The van der Waals surface area contributed by atoms with Gasteiger partial charge in [0.15, 0.2) is 5.78 Å². The SMILES string of the molecule is CC(C)CCC(=O)c1cnc2ccccc2c1. The van der Waals surface area contributed by atoms with Crippen LogP contribution < -0.4 is 0 Å². The number of ketones is 1. The molecule has 1 aromatic heterocycles. The molecule has 88 valence electrons. The average Bonchev–Trinajstić information content (AvgIpc) is 2.35. The Morgan fingerprint density at radius 2 is 2.06 bits per heavy atom. The van der Waals surface area contributed by atoms with Gasteiger partial charge in [0.1, 0.15) is 0 Å². The summed E-state index contributed by atoms with van der Waals surface area (Å²) >= 11 is 0. The van der Waals surface area contributed by atoms with Crippen molar-refractivity contribution in [2.24, 2.45) is 5.92 Å². The zero-order chi connectivity index (χ0) is 12.3. The maximum atomic E-state index is 12.0. The molecule has 1 aromatic carbocycles. The lowest BCUT2D eigenvalue weighted by atomic mass is 10.0. The third kappa shape index (κ3) is 2.90. The molecule has 0 saturated carbocycles. The van der Waals surface area contributed by atoms with Gasteiger partial charge in [0.2, 0.25) is 0 Å². The van der Waals surface area contributed by atoms with Gasteiger partial charge in [-0.05, 0) is 24.5 Å². The molecule has 0 saturated heterocycles. The van der Waals surface area contributed by atoms with Crippen LogP contribution in [0.5, 0.6) is 0 Å². The van der Waals surface area contributed by atoms with Crippen molar-refractivity contribution in [2.75, 3.05) is 0 Å². The maximum absolute atomic E-state index is 12.0. The largest absolute Gasteiger partial charge is 0.294 e. The van der Waals surface area contributed by atoms with Gasteiger partial charge in [-0.1, -0.05) is 32.0 Å². The summed E-state index contributed by atoms with van der Waals surface area (Å²) in [6, 6.07) is 9.80. The van der Waals surface area contributed by atoms with Gasteiger partial charge in [-0.15, -0.1) is 0 Å². The molecular formula is C15H17NO. The number of rotatable bonds is 4. The minimum absolute atomic E-state index is 0.192. The third-order valence-corrected chi connectivity index (χ3v) is 2.86. The molecule has 0 spiro atoms. The lowest BCUT2D eigenvalue weighted by Gasteiger charge is -2.04. The Bertz CT molecular complexity index is 531. The molecule has 0 bridgehead atoms. The molecule has 2 rings (SSSR count). The van der Waals surface area contributed by atoms with Crippen LogP contribution in [0.25, 0.3) is 10.9 Å². The van der Waals surface area contributed by atoms with E-state index in [2.05, 4.69) is 18.8 Å². The number of para-hydroxylation sites is 1. The summed E-state index contributed by atoms with van der Waals surface area (Å²) in [5, 5.41) is 1.03. The topological polar surface area (TPSA) is 30.0 Å². The molecule has 2 aromatic rings. The molecule has 0 aliphatic heterocycles. The van der Waals surface area contributed by atoms with Gasteiger partial charge in [0.05, 0.1) is 5.52 Å². The van der Waals surface area contributed by atoms with Crippen molar-refractivity contribution in [3.63, 3.8) is 0 Å². The lowest BCUT2D eigenvalue weighted by Crippen LogP contribution is -2.02. The number of carbonyl (C=O) groups is 1. The van der Waals surface area contributed by atoms with E-state index < -0.39 is 0 Å². The van der Waals surface area contributed by atoms with Crippen LogP contribution in [-0.4, -0.2) is 10.8 Å². The van der Waals surface area contributed by atoms with Crippen molar-refractivity contribution in [1.29, 1.82) is 0 Å². The molecule has 2 heteroatoms. The second kappa shape index (κ2) is 5.09. The molecule has 0 N–H and O–H groups in total. The number of hydrogen-bond donors (Lipinski definition) is 0. The number of carbonyl (C=O) groups excluding carboxylic acids is 1. The smallest absolute Gasteiger partial charge is 0.164 e. The van der Waals surface area contributed by atoms with Crippen LogP contribution in [-0.2, 0) is 0 Å². The second-order valence-corrected chi connectivity index (χ2v) is 4.77. The molecule has 0 amide bonds. The van der Waals surface area contributed by atoms with E-state index in [0.717, 1.165) is 22.9 Å². The van der Waals surface area contributed by atoms with Gasteiger partial charge in [-0.2, -0.15) is 0 Å². The van der Waals surface area contributed by atoms with E-state index in [0.29, 0.717) is 12.3 Å². The highest BCUT2D eigenvalue weighted by atomic mass is 16.1. The van der Waals surface area contributed by atoms with Crippen LogP contribution in [0.4, 0.5) is 0 Å². The van der Waals surface area contributed by atoms with Crippen LogP contribution in [0.2, 0.25) is 0 Å². The first-order valence-electron chi connectivity index (χ1n) is 6.05. The number of pyridine rings is 1. The van der Waals surface area contributed by atoms with E-state index in [1.807, 2.05) is 30.3 Å². The standard InChI is InChI=1S/C15H17NO/c1-11(2)7-8-15(17)13-9-12-5-3-4-6-14(12)16-10-13/h3-6,9-11H,7-8H2,1-2H3. The van der Waals surface area contributed by atoms with Crippen molar-refractivity contribution in [2.45, 2.75) is 26.7 Å². The van der Waals surface area contributed by atoms with Crippen molar-refractivity contribution in [1.82, 2.24) is 4.98 Å². The van der Waals surface area contributed by atoms with Crippen molar-refractivity contribution in [3.8, 4) is 0 Å². The molecular weight excluding hydrogens is 210 g/mol. The van der Waals surface area contributed by atoms with Crippen LogP contribution in [0.15, 0.2) is 36.5 Å². The second-order valence-electron chi connectivity index (χ2n) is 4.77. The van der Waals surface area contributed by atoms with Crippen LogP contribution in [0.3, 0.4) is 0 Å². The molecule has 0 radical (unpaired) electrons. The Morgan fingerprint density at radius 1 is 1.29 bits per heavy atom. The Kier molecular flexibility index (Phi) is 3.52. The highest BCUT2D eigenvalue weighted by Crippen LogP contribution is 2.15. The highest BCUT2D eigenvalue weighted by Gasteiger charge is 2.08. The first-order chi connectivity index (χ1) is 8.16. The van der Waals surface area contributed by atoms with E-state index in [9.17, 15) is 4.79 Å². The summed E-state index contributed by atoms with van der Waals surface area (Å²) in [7, 11) is 0. The van der Waals surface area contributed by atoms with Gasteiger partial charge in [0.25, 0.3) is 0 Å². The molecule has 0 aliphatic carbocycles. The fraction of sp³-hybridized carbons (Fsp3) is 0.333. The number of hydrogen-bond acceptors (Lipinski definition) is 2. The minimum Gasteiger partial charge on any atom is -0.294 e. The Hall–Kier alpha value is -1.70. The van der Waals surface area contributed by atoms with E-state index in [-0.39, 0.29) is 5.78 Å². The summed E-state index contributed by atoms with van der Waals surface area (Å²) < 4.78 is 0. The predicted octanol–water partition coefficient (Wildman–Crippen LogP) is 3.85. The summed E-state index contributed by atoms with van der Waals surface area (Å²) in [6.07, 6.45) is 3.23. The molecule has 2 nitrogen and oxygen atoms in total. The Morgan fingerprint density at radius 3 is 2.82 bits per heavy atom. The fourth-order valence-electron chi connectivity index (χ4n) is 1.79. The quantitative estimate of drug-likeness (QED) is 0.742. The zero-order valence-corrected chi connectivity index (χ0v) is 10.3. The molecule has 0 unspecified atom stereocenters. The fourth-order valence-corrected chi connectivity index (χ4v) is 1.79. The Balaban J connectivity index is 2.21. The monoisotopic (exact) mass is 227 g/mol. The van der Waals surface area contributed by atoms with E-state index in [1.165, 1.54) is 0 Å². The van der Waals surface area contributed by atoms with Crippen molar-refractivity contribution >= 4 is 16.7 Å². The Labute approximate surface area is 102 Å². The van der Waals surface area contributed by atoms with Crippen molar-refractivity contribution in [3.05, 3.63) is 42.1 Å². The summed E-state index contributed by atoms with van der Waals surface area (Å²) in [6.45, 7) is 4.26. The maximum Gasteiger partial charge on any atom is 0.164 e. The number of aromatic nitrogens is 1. The van der Waals surface area contributed by atoms with Crippen molar-refractivity contribution < 1.29 is 4.79 Å². The molecule has 0 atom stereocenters. The van der Waals surface area contributed by atoms with Gasteiger partial charge < -0.3 is 0 Å².